The molecule has 2 aromatic heterocycles. The number of rotatable bonds is 6. The summed E-state index contributed by atoms with van der Waals surface area (Å²) < 4.78 is 5.29. The van der Waals surface area contributed by atoms with Crippen molar-refractivity contribution in [3.8, 4) is 5.75 Å². The van der Waals surface area contributed by atoms with E-state index in [1.54, 1.807) is 7.11 Å². The lowest BCUT2D eigenvalue weighted by molar-refractivity contribution is 0.414. The van der Waals surface area contributed by atoms with Gasteiger partial charge in [0.05, 0.1) is 29.2 Å². The number of imidazole rings is 2. The summed E-state index contributed by atoms with van der Waals surface area (Å²) in [6.45, 7) is 0. The van der Waals surface area contributed by atoms with E-state index in [0.717, 1.165) is 52.3 Å². The second kappa shape index (κ2) is 7.43. The molecule has 5 rings (SSSR count). The van der Waals surface area contributed by atoms with E-state index in [1.807, 2.05) is 48.5 Å². The van der Waals surface area contributed by atoms with E-state index in [9.17, 15) is 0 Å². The molecule has 5 aromatic rings. The number of ether oxygens (including phenoxy) is 1. The van der Waals surface area contributed by atoms with Gasteiger partial charge in [0.1, 0.15) is 17.4 Å². The average molecular weight is 382 g/mol. The smallest absolute Gasteiger partial charge is 0.118 e. The maximum Gasteiger partial charge on any atom is 0.118 e. The molecule has 0 spiro atoms. The number of para-hydroxylation sites is 4. The first-order valence-electron chi connectivity index (χ1n) is 9.80. The third-order valence-corrected chi connectivity index (χ3v) is 5.31. The fraction of sp³-hybridized carbons (Fsp3) is 0.167. The molecule has 1 atom stereocenters. The van der Waals surface area contributed by atoms with E-state index < -0.39 is 0 Å². The summed E-state index contributed by atoms with van der Waals surface area (Å²) in [7, 11) is 1.69. The summed E-state index contributed by atoms with van der Waals surface area (Å²) in [4.78, 5) is 16.6. The maximum absolute atomic E-state index is 5.29. The van der Waals surface area contributed by atoms with Crippen LogP contribution >= 0.6 is 0 Å². The summed E-state index contributed by atoms with van der Waals surface area (Å²) >= 11 is 0. The van der Waals surface area contributed by atoms with Crippen LogP contribution in [0.25, 0.3) is 22.1 Å². The standard InChI is InChI=1S/C24H22N4O/c1-29-18-12-10-16(11-13-18)14-17(24-27-21-8-4-5-9-22(21)28-24)15-23-25-19-6-2-3-7-20(19)26-23/h2-13,17H,14-15H2,1H3,(H,25,26)(H,27,28)/t17-/m0/s1. The normalized spacial score (nSPS) is 12.4. The van der Waals surface area contributed by atoms with Gasteiger partial charge in [0.2, 0.25) is 0 Å². The monoisotopic (exact) mass is 382 g/mol. The lowest BCUT2D eigenvalue weighted by atomic mass is 9.95. The van der Waals surface area contributed by atoms with E-state index in [2.05, 4.69) is 34.2 Å². The van der Waals surface area contributed by atoms with E-state index in [1.165, 1.54) is 5.56 Å². The number of hydrogen-bond donors (Lipinski definition) is 2. The minimum atomic E-state index is 0.177. The maximum atomic E-state index is 5.29. The van der Waals surface area contributed by atoms with Crippen molar-refractivity contribution in [2.24, 2.45) is 0 Å². The van der Waals surface area contributed by atoms with Gasteiger partial charge < -0.3 is 14.7 Å². The first kappa shape index (κ1) is 17.5. The molecule has 0 radical (unpaired) electrons. The Morgan fingerprint density at radius 2 is 1.41 bits per heavy atom. The van der Waals surface area contributed by atoms with Crippen molar-refractivity contribution in [3.63, 3.8) is 0 Å². The van der Waals surface area contributed by atoms with Gasteiger partial charge in [-0.05, 0) is 48.4 Å². The summed E-state index contributed by atoms with van der Waals surface area (Å²) in [5, 5.41) is 0. The number of nitrogens with one attached hydrogen (secondary N) is 2. The predicted octanol–water partition coefficient (Wildman–Crippen LogP) is 5.02. The lowest BCUT2D eigenvalue weighted by Gasteiger charge is -2.14. The number of nitrogens with zero attached hydrogens (tertiary/aromatic N) is 2. The Bertz CT molecular complexity index is 1190. The summed E-state index contributed by atoms with van der Waals surface area (Å²) in [5.41, 5.74) is 5.36. The van der Waals surface area contributed by atoms with Gasteiger partial charge in [-0.2, -0.15) is 0 Å². The number of methoxy groups -OCH3 is 1. The van der Waals surface area contributed by atoms with Crippen molar-refractivity contribution in [1.82, 2.24) is 19.9 Å². The molecule has 0 bridgehead atoms. The molecule has 0 saturated heterocycles. The van der Waals surface area contributed by atoms with Crippen LogP contribution in [0.3, 0.4) is 0 Å². The molecule has 144 valence electrons. The van der Waals surface area contributed by atoms with Crippen LogP contribution in [0.4, 0.5) is 0 Å². The molecular weight excluding hydrogens is 360 g/mol. The Balaban J connectivity index is 1.50. The van der Waals surface area contributed by atoms with Gasteiger partial charge in [0, 0.05) is 12.3 Å². The van der Waals surface area contributed by atoms with Gasteiger partial charge in [-0.1, -0.05) is 36.4 Å². The van der Waals surface area contributed by atoms with Gasteiger partial charge in [-0.25, -0.2) is 9.97 Å². The highest BCUT2D eigenvalue weighted by molar-refractivity contribution is 5.75. The molecule has 3 aromatic carbocycles. The largest absolute Gasteiger partial charge is 0.497 e. The highest BCUT2D eigenvalue weighted by atomic mass is 16.5. The topological polar surface area (TPSA) is 66.6 Å². The average Bonchev–Trinajstić information content (AvgIpc) is 3.37. The number of benzene rings is 3. The van der Waals surface area contributed by atoms with E-state index in [-0.39, 0.29) is 5.92 Å². The van der Waals surface area contributed by atoms with Crippen molar-refractivity contribution in [1.29, 1.82) is 0 Å². The third kappa shape index (κ3) is 3.59. The first-order valence-corrected chi connectivity index (χ1v) is 9.80. The zero-order valence-corrected chi connectivity index (χ0v) is 16.2. The van der Waals surface area contributed by atoms with Crippen molar-refractivity contribution >= 4 is 22.1 Å². The molecule has 0 fully saturated rings. The second-order valence-corrected chi connectivity index (χ2v) is 7.29. The van der Waals surface area contributed by atoms with Crippen molar-refractivity contribution in [2.75, 3.05) is 7.11 Å². The molecule has 2 N–H and O–H groups in total. The lowest BCUT2D eigenvalue weighted by Crippen LogP contribution is -2.10. The van der Waals surface area contributed by atoms with Gasteiger partial charge in [0.15, 0.2) is 0 Å². The molecule has 0 aliphatic rings. The van der Waals surface area contributed by atoms with Gasteiger partial charge >= 0.3 is 0 Å². The number of H-pyrrole nitrogens is 2. The molecular formula is C24H22N4O. The minimum absolute atomic E-state index is 0.177. The number of fused-ring (bicyclic) bond motifs is 2. The zero-order chi connectivity index (χ0) is 19.6. The van der Waals surface area contributed by atoms with Gasteiger partial charge in [-0.3, -0.25) is 0 Å². The Hall–Kier alpha value is -3.60. The molecule has 5 heteroatoms. The Labute approximate surface area is 168 Å². The summed E-state index contributed by atoms with van der Waals surface area (Å²) in [5.74, 6) is 3.01. The SMILES string of the molecule is COc1ccc(C[C@@H](Cc2nc3ccccc3[nH]2)c2nc3ccccc3[nH]2)cc1. The quantitative estimate of drug-likeness (QED) is 0.433. The van der Waals surface area contributed by atoms with Crippen molar-refractivity contribution in [2.45, 2.75) is 18.8 Å². The first-order chi connectivity index (χ1) is 14.3. The van der Waals surface area contributed by atoms with Crippen molar-refractivity contribution in [3.05, 3.63) is 90.0 Å². The number of hydrogen-bond acceptors (Lipinski definition) is 3. The molecule has 2 heterocycles. The Kier molecular flexibility index (Phi) is 4.48. The van der Waals surface area contributed by atoms with Crippen LogP contribution < -0.4 is 4.74 Å². The molecule has 5 nitrogen and oxygen atoms in total. The second-order valence-electron chi connectivity index (χ2n) is 7.29. The fourth-order valence-corrected chi connectivity index (χ4v) is 3.81. The third-order valence-electron chi connectivity index (χ3n) is 5.31. The molecule has 0 amide bonds. The van der Waals surface area contributed by atoms with Gasteiger partial charge in [0.25, 0.3) is 0 Å². The van der Waals surface area contributed by atoms with Crippen LogP contribution in [-0.2, 0) is 12.8 Å². The van der Waals surface area contributed by atoms with Crippen LogP contribution in [-0.4, -0.2) is 27.0 Å². The minimum Gasteiger partial charge on any atom is -0.497 e. The molecule has 0 unspecified atom stereocenters. The van der Waals surface area contributed by atoms with Crippen LogP contribution in [0.5, 0.6) is 5.75 Å². The highest BCUT2D eigenvalue weighted by Gasteiger charge is 2.19. The van der Waals surface area contributed by atoms with Crippen LogP contribution in [0, 0.1) is 0 Å². The van der Waals surface area contributed by atoms with Crippen LogP contribution in [0.15, 0.2) is 72.8 Å². The van der Waals surface area contributed by atoms with E-state index in [0.29, 0.717) is 0 Å². The van der Waals surface area contributed by atoms with Gasteiger partial charge in [-0.15, -0.1) is 0 Å². The predicted molar refractivity (Wildman–Crippen MR) is 115 cm³/mol. The molecule has 29 heavy (non-hydrogen) atoms. The number of aromatic nitrogens is 4. The summed E-state index contributed by atoms with van der Waals surface area (Å²) in [6.07, 6.45) is 1.64. The molecule has 0 aliphatic carbocycles. The van der Waals surface area contributed by atoms with E-state index in [4.69, 9.17) is 14.7 Å². The van der Waals surface area contributed by atoms with Crippen molar-refractivity contribution < 1.29 is 4.74 Å². The zero-order valence-electron chi connectivity index (χ0n) is 16.2. The molecule has 0 saturated carbocycles. The highest BCUT2D eigenvalue weighted by Crippen LogP contribution is 2.26. The van der Waals surface area contributed by atoms with E-state index >= 15 is 0 Å². The summed E-state index contributed by atoms with van der Waals surface area (Å²) in [6, 6.07) is 24.5. The molecule has 0 aliphatic heterocycles. The number of aromatic amines is 2. The fourth-order valence-electron chi connectivity index (χ4n) is 3.81. The van der Waals surface area contributed by atoms with Crippen LogP contribution in [0.1, 0.15) is 23.1 Å². The van der Waals surface area contributed by atoms with Crippen LogP contribution in [0.2, 0.25) is 0 Å². The Morgan fingerprint density at radius 3 is 2.07 bits per heavy atom. The Morgan fingerprint density at radius 1 is 0.759 bits per heavy atom.